The molecule has 2 aromatic rings. The number of carbonyl (C=O) groups is 1. The first-order chi connectivity index (χ1) is 11.6. The number of pyridine rings is 1. The molecular formula is C18H23N5O. The SMILES string of the molecule is CNc1ccnc(Nc2cccc(N3CCNC3=O)c2)c1C(C)C. The summed E-state index contributed by atoms with van der Waals surface area (Å²) in [5, 5.41) is 9.44. The molecule has 126 valence electrons. The van der Waals surface area contributed by atoms with E-state index in [-0.39, 0.29) is 6.03 Å². The van der Waals surface area contributed by atoms with Crippen LogP contribution in [0.4, 0.5) is 27.7 Å². The van der Waals surface area contributed by atoms with Crippen LogP contribution in [-0.2, 0) is 0 Å². The molecule has 1 aromatic carbocycles. The van der Waals surface area contributed by atoms with Crippen molar-refractivity contribution in [2.45, 2.75) is 19.8 Å². The molecule has 0 unspecified atom stereocenters. The molecule has 3 N–H and O–H groups in total. The lowest BCUT2D eigenvalue weighted by Gasteiger charge is -2.19. The highest BCUT2D eigenvalue weighted by Gasteiger charge is 2.21. The van der Waals surface area contributed by atoms with Gasteiger partial charge in [0.1, 0.15) is 5.82 Å². The third kappa shape index (κ3) is 3.13. The first-order valence-electron chi connectivity index (χ1n) is 8.19. The Bertz CT molecular complexity index is 744. The van der Waals surface area contributed by atoms with Crippen LogP contribution in [0.15, 0.2) is 36.5 Å². The average Bonchev–Trinajstić information content (AvgIpc) is 3.00. The van der Waals surface area contributed by atoms with Crippen LogP contribution in [0.2, 0.25) is 0 Å². The Morgan fingerprint density at radius 3 is 2.79 bits per heavy atom. The highest BCUT2D eigenvalue weighted by Crippen LogP contribution is 2.32. The summed E-state index contributed by atoms with van der Waals surface area (Å²) in [5.41, 5.74) is 4.00. The van der Waals surface area contributed by atoms with Gasteiger partial charge in [-0.15, -0.1) is 0 Å². The van der Waals surface area contributed by atoms with E-state index in [2.05, 4.69) is 34.8 Å². The van der Waals surface area contributed by atoms with Crippen molar-refractivity contribution in [2.75, 3.05) is 35.7 Å². The number of anilines is 4. The maximum absolute atomic E-state index is 11.8. The molecule has 0 spiro atoms. The molecular weight excluding hydrogens is 302 g/mol. The largest absolute Gasteiger partial charge is 0.388 e. The summed E-state index contributed by atoms with van der Waals surface area (Å²) in [4.78, 5) is 18.1. The summed E-state index contributed by atoms with van der Waals surface area (Å²) in [6, 6.07) is 9.77. The molecule has 6 nitrogen and oxygen atoms in total. The summed E-state index contributed by atoms with van der Waals surface area (Å²) in [6.45, 7) is 5.66. The molecule has 1 aliphatic heterocycles. The minimum Gasteiger partial charge on any atom is -0.388 e. The van der Waals surface area contributed by atoms with Crippen LogP contribution in [0.5, 0.6) is 0 Å². The topological polar surface area (TPSA) is 69.3 Å². The van der Waals surface area contributed by atoms with Gasteiger partial charge in [0.05, 0.1) is 0 Å². The highest BCUT2D eigenvalue weighted by atomic mass is 16.2. The second-order valence-electron chi connectivity index (χ2n) is 6.08. The summed E-state index contributed by atoms with van der Waals surface area (Å²) in [7, 11) is 1.91. The third-order valence-corrected chi connectivity index (χ3v) is 4.11. The van der Waals surface area contributed by atoms with Gasteiger partial charge in [-0.25, -0.2) is 9.78 Å². The summed E-state index contributed by atoms with van der Waals surface area (Å²) < 4.78 is 0. The average molecular weight is 325 g/mol. The van der Waals surface area contributed by atoms with Gasteiger partial charge in [-0.2, -0.15) is 0 Å². The lowest BCUT2D eigenvalue weighted by atomic mass is 10.0. The quantitative estimate of drug-likeness (QED) is 0.787. The lowest BCUT2D eigenvalue weighted by Crippen LogP contribution is -2.27. The molecule has 0 saturated carbocycles. The summed E-state index contributed by atoms with van der Waals surface area (Å²) in [5.74, 6) is 1.16. The van der Waals surface area contributed by atoms with E-state index in [4.69, 9.17) is 0 Å². The van der Waals surface area contributed by atoms with Crippen molar-refractivity contribution in [3.05, 3.63) is 42.1 Å². The van der Waals surface area contributed by atoms with Crippen molar-refractivity contribution in [2.24, 2.45) is 0 Å². The molecule has 24 heavy (non-hydrogen) atoms. The Morgan fingerprint density at radius 1 is 1.29 bits per heavy atom. The van der Waals surface area contributed by atoms with E-state index in [1.54, 1.807) is 11.1 Å². The molecule has 2 heterocycles. The van der Waals surface area contributed by atoms with Gasteiger partial charge >= 0.3 is 6.03 Å². The van der Waals surface area contributed by atoms with Gasteiger partial charge < -0.3 is 16.0 Å². The van der Waals surface area contributed by atoms with Gasteiger partial charge in [0.15, 0.2) is 0 Å². The van der Waals surface area contributed by atoms with Crippen molar-refractivity contribution in [3.8, 4) is 0 Å². The second-order valence-corrected chi connectivity index (χ2v) is 6.08. The Hall–Kier alpha value is -2.76. The second kappa shape index (κ2) is 6.78. The van der Waals surface area contributed by atoms with Crippen molar-refractivity contribution < 1.29 is 4.79 Å². The number of aromatic nitrogens is 1. The van der Waals surface area contributed by atoms with E-state index in [1.165, 1.54) is 0 Å². The van der Waals surface area contributed by atoms with Crippen LogP contribution in [0.3, 0.4) is 0 Å². The predicted molar refractivity (Wildman–Crippen MR) is 98.3 cm³/mol. The smallest absolute Gasteiger partial charge is 0.321 e. The zero-order chi connectivity index (χ0) is 17.1. The predicted octanol–water partition coefficient (Wildman–Crippen LogP) is 3.52. The molecule has 0 atom stereocenters. The van der Waals surface area contributed by atoms with Gasteiger partial charge in [0, 0.05) is 49.0 Å². The number of carbonyl (C=O) groups excluding carboxylic acids is 1. The molecule has 0 bridgehead atoms. The Kier molecular flexibility index (Phi) is 4.55. The molecule has 0 radical (unpaired) electrons. The maximum Gasteiger partial charge on any atom is 0.321 e. The van der Waals surface area contributed by atoms with Crippen molar-refractivity contribution in [3.63, 3.8) is 0 Å². The molecule has 6 heteroatoms. The number of nitrogens with zero attached hydrogens (tertiary/aromatic N) is 2. The Morgan fingerprint density at radius 2 is 2.12 bits per heavy atom. The van der Waals surface area contributed by atoms with Gasteiger partial charge in [0.25, 0.3) is 0 Å². The number of rotatable bonds is 5. The molecule has 1 aliphatic rings. The van der Waals surface area contributed by atoms with Crippen LogP contribution in [0.1, 0.15) is 25.3 Å². The van der Waals surface area contributed by atoms with Crippen molar-refractivity contribution in [1.29, 1.82) is 0 Å². The molecule has 1 fully saturated rings. The standard InChI is InChI=1S/C18H23N5O/c1-12(2)16-15(19-3)7-8-20-17(16)22-13-5-4-6-14(11-13)23-10-9-21-18(23)24/h4-8,11-12H,9-10H2,1-3H3,(H,21,24)(H2,19,20,22). The number of hydrogen-bond donors (Lipinski definition) is 3. The normalized spacial score (nSPS) is 14.0. The third-order valence-electron chi connectivity index (χ3n) is 4.11. The molecule has 0 aliphatic carbocycles. The van der Waals surface area contributed by atoms with E-state index in [0.717, 1.165) is 28.4 Å². The van der Waals surface area contributed by atoms with Gasteiger partial charge in [-0.05, 0) is 30.2 Å². The van der Waals surface area contributed by atoms with Crippen LogP contribution in [-0.4, -0.2) is 31.2 Å². The van der Waals surface area contributed by atoms with Crippen LogP contribution >= 0.6 is 0 Å². The Balaban J connectivity index is 1.91. The van der Waals surface area contributed by atoms with Crippen LogP contribution in [0, 0.1) is 0 Å². The van der Waals surface area contributed by atoms with E-state index in [1.807, 2.05) is 37.4 Å². The zero-order valence-electron chi connectivity index (χ0n) is 14.3. The minimum atomic E-state index is -0.0506. The number of hydrogen-bond acceptors (Lipinski definition) is 4. The lowest BCUT2D eigenvalue weighted by molar-refractivity contribution is 0.252. The van der Waals surface area contributed by atoms with Gasteiger partial charge in [-0.1, -0.05) is 19.9 Å². The fraction of sp³-hybridized carbons (Fsp3) is 0.333. The van der Waals surface area contributed by atoms with Crippen molar-refractivity contribution >= 4 is 28.9 Å². The van der Waals surface area contributed by atoms with E-state index in [0.29, 0.717) is 19.0 Å². The summed E-state index contributed by atoms with van der Waals surface area (Å²) in [6.07, 6.45) is 1.79. The van der Waals surface area contributed by atoms with E-state index in [9.17, 15) is 4.79 Å². The van der Waals surface area contributed by atoms with E-state index >= 15 is 0 Å². The zero-order valence-corrected chi connectivity index (χ0v) is 14.3. The Labute approximate surface area is 142 Å². The fourth-order valence-electron chi connectivity index (χ4n) is 2.98. The van der Waals surface area contributed by atoms with E-state index < -0.39 is 0 Å². The first-order valence-corrected chi connectivity index (χ1v) is 8.19. The highest BCUT2D eigenvalue weighted by molar-refractivity contribution is 5.94. The first kappa shape index (κ1) is 16.1. The number of amides is 2. The van der Waals surface area contributed by atoms with Crippen LogP contribution < -0.4 is 20.9 Å². The molecule has 1 saturated heterocycles. The maximum atomic E-state index is 11.8. The van der Waals surface area contributed by atoms with Gasteiger partial charge in [-0.3, -0.25) is 4.90 Å². The summed E-state index contributed by atoms with van der Waals surface area (Å²) >= 11 is 0. The fourth-order valence-corrected chi connectivity index (χ4v) is 2.98. The number of nitrogens with one attached hydrogen (secondary N) is 3. The van der Waals surface area contributed by atoms with Crippen molar-refractivity contribution in [1.82, 2.24) is 10.3 Å². The minimum absolute atomic E-state index is 0.0506. The number of urea groups is 1. The molecule has 2 amide bonds. The van der Waals surface area contributed by atoms with Crippen LogP contribution in [0.25, 0.3) is 0 Å². The number of benzene rings is 1. The molecule has 3 rings (SSSR count). The monoisotopic (exact) mass is 325 g/mol. The molecule has 1 aromatic heterocycles. The van der Waals surface area contributed by atoms with Gasteiger partial charge in [0.2, 0.25) is 0 Å².